The van der Waals surface area contributed by atoms with E-state index in [1.54, 1.807) is 6.92 Å². The highest BCUT2D eigenvalue weighted by Gasteiger charge is 2.43. The number of aliphatic carboxylic acids is 1. The number of amides is 2. The summed E-state index contributed by atoms with van der Waals surface area (Å²) in [6.07, 6.45) is 0.360. The minimum Gasteiger partial charge on any atom is -0.478 e. The fourth-order valence-electron chi connectivity index (χ4n) is 3.69. The van der Waals surface area contributed by atoms with Gasteiger partial charge in [0, 0.05) is 34.1 Å². The molecule has 3 N–H and O–H groups in total. The minimum atomic E-state index is -2.44. The Balaban J connectivity index is 2.62. The van der Waals surface area contributed by atoms with E-state index in [1.807, 2.05) is 0 Å². The monoisotopic (exact) mass is 586 g/mol. The van der Waals surface area contributed by atoms with Crippen LogP contribution in [0.5, 0.6) is 23.0 Å². The number of unbranched alkanes of at least 4 members (excludes halogenated alkanes) is 1. The molecule has 2 amide bonds. The number of carboxylic acids is 1. The van der Waals surface area contributed by atoms with Gasteiger partial charge in [-0.25, -0.2) is 4.79 Å². The molecule has 14 nitrogen and oxygen atoms in total. The Morgan fingerprint density at radius 2 is 1.05 bits per heavy atom. The van der Waals surface area contributed by atoms with Gasteiger partial charge in [0.25, 0.3) is 11.8 Å². The van der Waals surface area contributed by atoms with Crippen LogP contribution in [-0.2, 0) is 24.0 Å². The van der Waals surface area contributed by atoms with Gasteiger partial charge in [-0.3, -0.25) is 28.8 Å². The quantitative estimate of drug-likeness (QED) is 0.187. The minimum absolute atomic E-state index is 0.210. The second-order valence-corrected chi connectivity index (χ2v) is 8.86. The highest BCUT2D eigenvalue weighted by Crippen LogP contribution is 2.34. The van der Waals surface area contributed by atoms with Crippen LogP contribution in [0.15, 0.2) is 36.4 Å². The Morgan fingerprint density at radius 1 is 0.667 bits per heavy atom. The van der Waals surface area contributed by atoms with Gasteiger partial charge in [-0.05, 0) is 30.7 Å². The predicted octanol–water partition coefficient (Wildman–Crippen LogP) is 2.52. The Kier molecular flexibility index (Phi) is 11.3. The lowest BCUT2D eigenvalue weighted by Crippen LogP contribution is -2.65. The zero-order valence-corrected chi connectivity index (χ0v) is 23.5. The summed E-state index contributed by atoms with van der Waals surface area (Å²) in [6.45, 7) is 6.00. The van der Waals surface area contributed by atoms with Crippen molar-refractivity contribution >= 4 is 41.7 Å². The van der Waals surface area contributed by atoms with Crippen molar-refractivity contribution in [2.45, 2.75) is 59.5 Å². The molecule has 0 aliphatic rings. The maximum absolute atomic E-state index is 13.5. The number of hydrogen-bond donors (Lipinski definition) is 3. The normalized spacial score (nSPS) is 10.6. The topological polar surface area (TPSA) is 201 Å². The van der Waals surface area contributed by atoms with E-state index in [1.165, 1.54) is 36.4 Å². The summed E-state index contributed by atoms with van der Waals surface area (Å²) < 4.78 is 20.3. The third-order valence-electron chi connectivity index (χ3n) is 5.37. The van der Waals surface area contributed by atoms with Crippen LogP contribution in [0.25, 0.3) is 0 Å². The molecule has 0 radical (unpaired) electrons. The van der Waals surface area contributed by atoms with Crippen LogP contribution in [0.3, 0.4) is 0 Å². The first-order valence-corrected chi connectivity index (χ1v) is 12.6. The lowest BCUT2D eigenvalue weighted by molar-refractivity contribution is -0.146. The second-order valence-electron chi connectivity index (χ2n) is 8.86. The molecule has 0 aliphatic carbocycles. The molecule has 0 heterocycles. The van der Waals surface area contributed by atoms with E-state index in [4.69, 9.17) is 18.9 Å². The maximum Gasteiger partial charge on any atom is 0.350 e. The smallest absolute Gasteiger partial charge is 0.350 e. The zero-order chi connectivity index (χ0) is 31.6. The van der Waals surface area contributed by atoms with Gasteiger partial charge >= 0.3 is 29.8 Å². The molecule has 2 rings (SSSR count). The third-order valence-corrected chi connectivity index (χ3v) is 5.37. The summed E-state index contributed by atoms with van der Waals surface area (Å²) in [7, 11) is 0. The molecule has 0 spiro atoms. The van der Waals surface area contributed by atoms with Crippen LogP contribution in [-0.4, -0.2) is 52.4 Å². The fourth-order valence-corrected chi connectivity index (χ4v) is 3.69. The van der Waals surface area contributed by atoms with Crippen molar-refractivity contribution in [1.82, 2.24) is 10.6 Å². The fraction of sp³-hybridized carbons (Fsp3) is 0.321. The van der Waals surface area contributed by atoms with Crippen molar-refractivity contribution in [3.63, 3.8) is 0 Å². The molecular formula is C28H30N2O12. The van der Waals surface area contributed by atoms with Crippen LogP contribution < -0.4 is 29.6 Å². The van der Waals surface area contributed by atoms with Gasteiger partial charge in [0.05, 0.1) is 11.1 Å². The van der Waals surface area contributed by atoms with Gasteiger partial charge < -0.3 is 34.7 Å². The number of benzene rings is 2. The van der Waals surface area contributed by atoms with Crippen molar-refractivity contribution in [3.05, 3.63) is 47.5 Å². The number of ether oxygens (including phenoxy) is 4. The Morgan fingerprint density at radius 3 is 1.36 bits per heavy atom. The van der Waals surface area contributed by atoms with Gasteiger partial charge in [-0.1, -0.05) is 25.5 Å². The summed E-state index contributed by atoms with van der Waals surface area (Å²) >= 11 is 0. The summed E-state index contributed by atoms with van der Waals surface area (Å²) in [5, 5.41) is 14.9. The molecule has 224 valence electrons. The van der Waals surface area contributed by atoms with Crippen LogP contribution in [0.4, 0.5) is 0 Å². The molecule has 0 aromatic heterocycles. The lowest BCUT2D eigenvalue weighted by Gasteiger charge is -2.32. The van der Waals surface area contributed by atoms with E-state index in [0.717, 1.165) is 27.7 Å². The number of hydrogen-bond acceptors (Lipinski definition) is 11. The molecule has 42 heavy (non-hydrogen) atoms. The van der Waals surface area contributed by atoms with E-state index < -0.39 is 58.8 Å². The van der Waals surface area contributed by atoms with Gasteiger partial charge in [-0.2, -0.15) is 0 Å². The number of carbonyl (C=O) groups is 7. The average molecular weight is 587 g/mol. The number of nitrogens with one attached hydrogen (secondary N) is 2. The first-order valence-electron chi connectivity index (χ1n) is 12.6. The number of carboxylic acid groups (broad SMARTS) is 1. The molecule has 0 saturated carbocycles. The van der Waals surface area contributed by atoms with Crippen molar-refractivity contribution in [1.29, 1.82) is 0 Å². The van der Waals surface area contributed by atoms with Crippen molar-refractivity contribution in [2.24, 2.45) is 0 Å². The SMILES string of the molecule is CCCCC(NC(=O)c1cccc(OC(C)=O)c1OC(C)=O)(NC(=O)c1cccc(OC(C)=O)c1OC(C)=O)C(=O)O. The summed E-state index contributed by atoms with van der Waals surface area (Å²) in [5.41, 5.74) is -3.20. The Bertz CT molecular complexity index is 1320. The molecule has 0 bridgehead atoms. The van der Waals surface area contributed by atoms with Crippen molar-refractivity contribution in [2.75, 3.05) is 0 Å². The molecular weight excluding hydrogens is 556 g/mol. The van der Waals surface area contributed by atoms with Gasteiger partial charge in [-0.15, -0.1) is 0 Å². The summed E-state index contributed by atoms with van der Waals surface area (Å²) in [5.74, 6) is -8.62. The Labute approximate surface area is 240 Å². The number of esters is 4. The van der Waals surface area contributed by atoms with Crippen molar-refractivity contribution < 1.29 is 57.6 Å². The highest BCUT2D eigenvalue weighted by molar-refractivity contribution is 6.05. The van der Waals surface area contributed by atoms with Crippen molar-refractivity contribution in [3.8, 4) is 23.0 Å². The van der Waals surface area contributed by atoms with Gasteiger partial charge in [0.1, 0.15) is 0 Å². The molecule has 0 saturated heterocycles. The van der Waals surface area contributed by atoms with Gasteiger partial charge in [0.2, 0.25) is 5.66 Å². The number of carbonyl (C=O) groups excluding carboxylic acids is 6. The van der Waals surface area contributed by atoms with Crippen LogP contribution >= 0.6 is 0 Å². The second kappa shape index (κ2) is 14.4. The predicted molar refractivity (Wildman–Crippen MR) is 143 cm³/mol. The van der Waals surface area contributed by atoms with Crippen LogP contribution in [0.2, 0.25) is 0 Å². The van der Waals surface area contributed by atoms with E-state index in [-0.39, 0.29) is 35.5 Å². The molecule has 0 aliphatic heterocycles. The van der Waals surface area contributed by atoms with E-state index in [0.29, 0.717) is 6.42 Å². The molecule has 2 aromatic carbocycles. The van der Waals surface area contributed by atoms with Gasteiger partial charge in [0.15, 0.2) is 23.0 Å². The molecule has 0 fully saturated rings. The van der Waals surface area contributed by atoms with Crippen LogP contribution in [0, 0.1) is 0 Å². The first kappa shape index (κ1) is 32.9. The molecule has 2 aromatic rings. The highest BCUT2D eigenvalue weighted by atomic mass is 16.6. The third kappa shape index (κ3) is 8.61. The first-order chi connectivity index (χ1) is 19.7. The lowest BCUT2D eigenvalue weighted by atomic mass is 10.00. The van der Waals surface area contributed by atoms with E-state index in [9.17, 15) is 38.7 Å². The van der Waals surface area contributed by atoms with Crippen LogP contribution in [0.1, 0.15) is 74.6 Å². The largest absolute Gasteiger partial charge is 0.478 e. The standard InChI is InChI=1S/C28H30N2O12/c1-6-7-14-28(27(37)38,29-25(35)19-10-8-12-21(39-15(2)31)23(19)41-17(4)33)30-26(36)20-11-9-13-22(40-16(3)32)24(20)42-18(5)34/h8-13H,6-7,14H2,1-5H3,(H,29,35)(H,30,36)(H,37,38). The maximum atomic E-state index is 13.5. The summed E-state index contributed by atoms with van der Waals surface area (Å²) in [6, 6.07) is 7.50. The molecule has 14 heteroatoms. The zero-order valence-electron chi connectivity index (χ0n) is 23.5. The average Bonchev–Trinajstić information content (AvgIpc) is 2.87. The molecule has 0 atom stereocenters. The Hall–Kier alpha value is -5.27. The van der Waals surface area contributed by atoms with E-state index >= 15 is 0 Å². The molecule has 0 unspecified atom stereocenters. The number of rotatable bonds is 12. The summed E-state index contributed by atoms with van der Waals surface area (Å²) in [4.78, 5) is 86.3. The number of para-hydroxylation sites is 2. The van der Waals surface area contributed by atoms with E-state index in [2.05, 4.69) is 10.6 Å².